The second kappa shape index (κ2) is 19.2. The Morgan fingerprint density at radius 3 is 2.09 bits per heavy atom. The van der Waals surface area contributed by atoms with Crippen LogP contribution in [0.15, 0.2) is 117 Å². The van der Waals surface area contributed by atoms with Crippen LogP contribution in [0.1, 0.15) is 82.9 Å². The molecule has 356 valence electrons. The number of allylic oxidation sites excluding steroid dienone is 7. The minimum atomic E-state index is -4.81. The van der Waals surface area contributed by atoms with Gasteiger partial charge in [0, 0.05) is 53.9 Å². The lowest BCUT2D eigenvalue weighted by Crippen LogP contribution is -2.28. The van der Waals surface area contributed by atoms with Crippen LogP contribution in [0.25, 0.3) is 0 Å². The summed E-state index contributed by atoms with van der Waals surface area (Å²) in [5, 5.41) is 9.21. The van der Waals surface area contributed by atoms with Gasteiger partial charge < -0.3 is 38.9 Å². The van der Waals surface area contributed by atoms with Gasteiger partial charge in [-0.1, -0.05) is 32.1 Å². The van der Waals surface area contributed by atoms with Gasteiger partial charge in [-0.25, -0.2) is 8.42 Å². The van der Waals surface area contributed by atoms with Crippen molar-refractivity contribution < 1.29 is 73.9 Å². The number of aliphatic carboxylic acids is 1. The highest BCUT2D eigenvalue weighted by Crippen LogP contribution is 2.50. The van der Waals surface area contributed by atoms with E-state index in [2.05, 4.69) is 0 Å². The molecule has 6 N–H and O–H groups in total. The first-order chi connectivity index (χ1) is 30.6. The van der Waals surface area contributed by atoms with E-state index in [9.17, 15) is 64.5 Å². The van der Waals surface area contributed by atoms with Gasteiger partial charge in [-0.3, -0.25) is 18.5 Å². The molecular formula is C45H54N2O15P2S2. The average Bonchev–Trinajstić information content (AvgIpc) is 3.55. The molecule has 0 amide bonds. The van der Waals surface area contributed by atoms with Crippen molar-refractivity contribution in [2.24, 2.45) is 0 Å². The molecule has 17 nitrogen and oxygen atoms in total. The van der Waals surface area contributed by atoms with E-state index in [1.54, 1.807) is 30.3 Å². The number of fused-ring (bicyclic) bond motifs is 2. The van der Waals surface area contributed by atoms with Gasteiger partial charge in [-0.2, -0.15) is 13.0 Å². The van der Waals surface area contributed by atoms with E-state index in [-0.39, 0.29) is 43.4 Å². The number of anilines is 1. The molecular weight excluding hydrogens is 935 g/mol. The fraction of sp³-hybridized carbons (Fsp3) is 0.378. The van der Waals surface area contributed by atoms with Gasteiger partial charge in [0.25, 0.3) is 10.1 Å². The maximum Gasteiger partial charge on any atom is 0.325 e. The average molecular weight is 989 g/mol. The Kier molecular flexibility index (Phi) is 14.8. The van der Waals surface area contributed by atoms with Crippen LogP contribution in [0.4, 0.5) is 11.4 Å². The van der Waals surface area contributed by atoms with Crippen LogP contribution >= 0.6 is 15.2 Å². The highest BCUT2D eigenvalue weighted by Gasteiger charge is 2.45. The molecule has 0 aromatic heterocycles. The number of rotatable bonds is 18. The largest absolute Gasteiger partial charge is 0.744 e. The van der Waals surface area contributed by atoms with Crippen molar-refractivity contribution in [1.82, 2.24) is 0 Å². The second-order valence-corrected chi connectivity index (χ2v) is 24.0. The van der Waals surface area contributed by atoms with Gasteiger partial charge in [-0.15, -0.1) is 0 Å². The van der Waals surface area contributed by atoms with Gasteiger partial charge >= 0.3 is 21.2 Å². The number of benzene rings is 3. The summed E-state index contributed by atoms with van der Waals surface area (Å²) in [7, 11) is -18.1. The molecule has 66 heavy (non-hydrogen) atoms. The van der Waals surface area contributed by atoms with Crippen molar-refractivity contribution in [3.63, 3.8) is 0 Å². The third-order valence-electron chi connectivity index (χ3n) is 12.1. The SMILES string of the molecule is CC1(C)C(=CC=C2CCCC(C=CC3=[N+](CCCP(=O)(O)O)c4ccc(S(=O)(=O)[O-])cc4C3(C)C)=C2Oc2ccc(CCC(=O)O)cc2)N(CCCP(=O)(O)O)c2ccc(S(=O)(=O)O)cc21. The molecule has 0 saturated carbocycles. The number of ether oxygens (including phenoxy) is 1. The minimum Gasteiger partial charge on any atom is -0.744 e. The lowest BCUT2D eigenvalue weighted by molar-refractivity contribution is -0.437. The summed E-state index contributed by atoms with van der Waals surface area (Å²) in [6, 6.07) is 15.3. The van der Waals surface area contributed by atoms with E-state index < -0.39 is 63.3 Å². The van der Waals surface area contributed by atoms with Crippen LogP contribution in [0, 0.1) is 0 Å². The molecule has 0 atom stereocenters. The Balaban J connectivity index is 1.49. The summed E-state index contributed by atoms with van der Waals surface area (Å²) < 4.78 is 103. The molecule has 3 aromatic carbocycles. The van der Waals surface area contributed by atoms with Crippen LogP contribution in [0.3, 0.4) is 0 Å². The van der Waals surface area contributed by atoms with Crippen molar-refractivity contribution in [1.29, 1.82) is 0 Å². The van der Waals surface area contributed by atoms with Crippen molar-refractivity contribution >= 4 is 58.5 Å². The van der Waals surface area contributed by atoms with Crippen LogP contribution in [0.2, 0.25) is 0 Å². The van der Waals surface area contributed by atoms with E-state index in [0.717, 1.165) is 16.7 Å². The van der Waals surface area contributed by atoms with Gasteiger partial charge in [0.15, 0.2) is 5.71 Å². The summed E-state index contributed by atoms with van der Waals surface area (Å²) in [5.74, 6) is 0.00953. The molecule has 21 heteroatoms. The molecule has 0 radical (unpaired) electrons. The highest BCUT2D eigenvalue weighted by molar-refractivity contribution is 7.86. The Morgan fingerprint density at radius 1 is 0.833 bits per heavy atom. The molecule has 0 unspecified atom stereocenters. The molecule has 0 fully saturated rings. The van der Waals surface area contributed by atoms with Crippen LogP contribution in [0.5, 0.6) is 5.75 Å². The maximum atomic E-state index is 12.2. The number of nitrogens with zero attached hydrogens (tertiary/aromatic N) is 2. The normalized spacial score (nSPS) is 18.7. The standard InChI is InChI=1S/C45H54N2O15P2S2/c1-44(2)36-28-34(65(56,57)58)17-19-38(36)46(24-6-26-63(50,51)52)40(44)21-13-31-8-5-9-32(43(31)62-33-15-10-30(11-16-33)12-23-42(48)49)14-22-41-45(3,4)37-29-35(66(59,60)61)18-20-39(37)47(41)25-7-27-64(53,54)55/h10-11,13-22,28-29H,5-9,12,23-27H2,1-4H3,(H6-,48,49,50,51,52,53,54,55,56,57,58,59,60,61). The number of aryl methyl sites for hydroxylation is 1. The highest BCUT2D eigenvalue weighted by atomic mass is 32.2. The number of carboxylic acids is 1. The number of hydrogen-bond donors (Lipinski definition) is 6. The lowest BCUT2D eigenvalue weighted by Gasteiger charge is -2.27. The zero-order valence-corrected chi connectivity index (χ0v) is 40.2. The summed E-state index contributed by atoms with van der Waals surface area (Å²) in [4.78, 5) is 51.0. The zero-order chi connectivity index (χ0) is 48.6. The van der Waals surface area contributed by atoms with Gasteiger partial charge in [0.05, 0.1) is 27.5 Å². The lowest BCUT2D eigenvalue weighted by atomic mass is 9.81. The van der Waals surface area contributed by atoms with Gasteiger partial charge in [-0.05, 0) is 123 Å². The molecule has 0 saturated heterocycles. The fourth-order valence-corrected chi connectivity index (χ4v) is 10.9. The summed E-state index contributed by atoms with van der Waals surface area (Å²) in [6.07, 6.45) is 8.88. The zero-order valence-electron chi connectivity index (χ0n) is 36.8. The summed E-state index contributed by atoms with van der Waals surface area (Å²) in [5.41, 5.74) is 4.18. The summed E-state index contributed by atoms with van der Waals surface area (Å²) >= 11 is 0. The Morgan fingerprint density at radius 2 is 1.47 bits per heavy atom. The molecule has 1 aliphatic carbocycles. The molecule has 6 rings (SSSR count). The van der Waals surface area contributed by atoms with E-state index in [0.29, 0.717) is 71.1 Å². The number of carbonyl (C=O) groups is 1. The third kappa shape index (κ3) is 11.9. The van der Waals surface area contributed by atoms with Crippen molar-refractivity contribution in [3.05, 3.63) is 124 Å². The molecule has 2 aliphatic heterocycles. The fourth-order valence-electron chi connectivity index (χ4n) is 8.78. The molecule has 3 aliphatic rings. The summed E-state index contributed by atoms with van der Waals surface area (Å²) in [6.45, 7) is 7.80. The van der Waals surface area contributed by atoms with Crippen LogP contribution in [-0.4, -0.2) is 92.3 Å². The predicted molar refractivity (Wildman–Crippen MR) is 246 cm³/mol. The van der Waals surface area contributed by atoms with E-state index in [1.165, 1.54) is 30.3 Å². The molecule has 3 aromatic rings. The van der Waals surface area contributed by atoms with E-state index in [1.807, 2.05) is 61.5 Å². The Labute approximate surface area is 384 Å². The molecule has 2 heterocycles. The van der Waals surface area contributed by atoms with Crippen molar-refractivity contribution in [2.75, 3.05) is 30.3 Å². The van der Waals surface area contributed by atoms with Crippen molar-refractivity contribution in [3.8, 4) is 5.75 Å². The topological polar surface area (TPSA) is 279 Å². The number of hydrogen-bond acceptors (Lipinski definition) is 10. The monoisotopic (exact) mass is 988 g/mol. The molecule has 0 spiro atoms. The maximum absolute atomic E-state index is 12.2. The Bertz CT molecular complexity index is 2910. The third-order valence-corrected chi connectivity index (χ3v) is 15.6. The first-order valence-electron chi connectivity index (χ1n) is 21.1. The van der Waals surface area contributed by atoms with E-state index in [4.69, 9.17) is 4.74 Å². The first-order valence-corrected chi connectivity index (χ1v) is 27.6. The van der Waals surface area contributed by atoms with E-state index >= 15 is 0 Å². The van der Waals surface area contributed by atoms with Crippen LogP contribution < -0.4 is 9.64 Å². The van der Waals surface area contributed by atoms with Gasteiger partial charge in [0.2, 0.25) is 5.69 Å². The van der Waals surface area contributed by atoms with Crippen molar-refractivity contribution in [2.45, 2.75) is 93.3 Å². The van der Waals surface area contributed by atoms with Crippen LogP contribution in [-0.2, 0) is 51.4 Å². The minimum absolute atomic E-state index is 0.0566. The Hall–Kier alpha value is -4.52. The van der Waals surface area contributed by atoms with Gasteiger partial charge in [0.1, 0.15) is 28.2 Å². The second-order valence-electron chi connectivity index (χ2n) is 17.6. The first kappa shape index (κ1) is 50.9. The number of carboxylic acid groups (broad SMARTS) is 1. The predicted octanol–water partition coefficient (Wildman–Crippen LogP) is 7.05. The quantitative estimate of drug-likeness (QED) is 0.0423. The molecule has 0 bridgehead atoms. The smallest absolute Gasteiger partial charge is 0.325 e.